The molecule has 2 N–H and O–H groups in total. The third kappa shape index (κ3) is 7.09. The minimum absolute atomic E-state index is 0. The molecule has 1 unspecified atom stereocenters. The van der Waals surface area contributed by atoms with E-state index in [9.17, 15) is 4.21 Å². The van der Waals surface area contributed by atoms with E-state index in [1.807, 2.05) is 48.0 Å². The van der Waals surface area contributed by atoms with E-state index >= 15 is 0 Å². The first-order valence-electron chi connectivity index (χ1n) is 7.84. The van der Waals surface area contributed by atoms with Gasteiger partial charge in [-0.15, -0.1) is 24.0 Å². The highest BCUT2D eigenvalue weighted by atomic mass is 127. The van der Waals surface area contributed by atoms with Gasteiger partial charge in [0, 0.05) is 48.6 Å². The van der Waals surface area contributed by atoms with Crippen LogP contribution in [0.1, 0.15) is 11.3 Å². The maximum atomic E-state index is 12.1. The van der Waals surface area contributed by atoms with Crippen LogP contribution >= 0.6 is 47.2 Å². The number of rotatable bonds is 7. The van der Waals surface area contributed by atoms with Crippen molar-refractivity contribution in [2.75, 3.05) is 19.3 Å². The monoisotopic (exact) mass is 528 g/mol. The first kappa shape index (κ1) is 23.3. The quantitative estimate of drug-likeness (QED) is 0.328. The van der Waals surface area contributed by atoms with Crippen LogP contribution in [0.15, 0.2) is 41.4 Å². The highest BCUT2D eigenvalue weighted by Gasteiger charge is 2.09. The molecule has 1 aromatic carbocycles. The van der Waals surface area contributed by atoms with E-state index in [0.717, 1.165) is 11.3 Å². The van der Waals surface area contributed by atoms with Crippen LogP contribution in [0.3, 0.4) is 0 Å². The maximum Gasteiger partial charge on any atom is 0.191 e. The maximum absolute atomic E-state index is 12.1. The van der Waals surface area contributed by atoms with Gasteiger partial charge in [0.25, 0.3) is 0 Å². The van der Waals surface area contributed by atoms with Gasteiger partial charge in [-0.25, -0.2) is 0 Å². The summed E-state index contributed by atoms with van der Waals surface area (Å²) in [5.41, 5.74) is 2.03. The molecular formula is C17H23Cl2IN4OS. The number of nitrogens with zero attached hydrogens (tertiary/aromatic N) is 2. The summed E-state index contributed by atoms with van der Waals surface area (Å²) < 4.78 is 13.9. The van der Waals surface area contributed by atoms with Gasteiger partial charge in [-0.05, 0) is 11.6 Å². The van der Waals surface area contributed by atoms with Crippen molar-refractivity contribution in [1.82, 2.24) is 15.2 Å². The lowest BCUT2D eigenvalue weighted by atomic mass is 10.2. The van der Waals surface area contributed by atoms with Gasteiger partial charge in [-0.3, -0.25) is 9.20 Å². The van der Waals surface area contributed by atoms with Crippen molar-refractivity contribution in [3.05, 3.63) is 57.8 Å². The number of benzene rings is 1. The number of hydrogen-bond donors (Lipinski definition) is 2. The minimum atomic E-state index is -0.917. The summed E-state index contributed by atoms with van der Waals surface area (Å²) in [5.74, 6) is 1.76. The molecular weight excluding hydrogens is 506 g/mol. The highest BCUT2D eigenvalue weighted by molar-refractivity contribution is 14.0. The van der Waals surface area contributed by atoms with E-state index in [0.29, 0.717) is 40.7 Å². The Morgan fingerprint density at radius 3 is 2.50 bits per heavy atom. The second-order valence-corrected chi connectivity index (χ2v) is 7.80. The summed E-state index contributed by atoms with van der Waals surface area (Å²) in [4.78, 5) is 4.16. The molecule has 0 aliphatic carbocycles. The fourth-order valence-electron chi connectivity index (χ4n) is 2.27. The molecule has 9 heteroatoms. The largest absolute Gasteiger partial charge is 0.355 e. The Labute approximate surface area is 184 Å². The third-order valence-corrected chi connectivity index (χ3v) is 5.83. The Kier molecular flexibility index (Phi) is 10.6. The summed E-state index contributed by atoms with van der Waals surface area (Å²) in [6.45, 7) is 1.11. The van der Waals surface area contributed by atoms with Gasteiger partial charge >= 0.3 is 0 Å². The van der Waals surface area contributed by atoms with Crippen LogP contribution in [-0.4, -0.2) is 34.1 Å². The molecule has 0 aliphatic rings. The van der Waals surface area contributed by atoms with Crippen molar-refractivity contribution in [1.29, 1.82) is 0 Å². The molecule has 0 amide bonds. The molecule has 0 radical (unpaired) electrons. The fraction of sp³-hybridized carbons (Fsp3) is 0.353. The van der Waals surface area contributed by atoms with Crippen molar-refractivity contribution in [3.8, 4) is 0 Å². The topological polar surface area (TPSA) is 58.4 Å². The number of guanidine groups is 1. The van der Waals surface area contributed by atoms with Gasteiger partial charge in [0.1, 0.15) is 5.15 Å². The van der Waals surface area contributed by atoms with Crippen LogP contribution in [0.5, 0.6) is 0 Å². The highest BCUT2D eigenvalue weighted by Crippen LogP contribution is 2.24. The summed E-state index contributed by atoms with van der Waals surface area (Å²) >= 11 is 12.1. The van der Waals surface area contributed by atoms with Gasteiger partial charge in [-0.1, -0.05) is 53.5 Å². The van der Waals surface area contributed by atoms with Crippen molar-refractivity contribution in [2.24, 2.45) is 12.0 Å². The van der Waals surface area contributed by atoms with Crippen LogP contribution in [0.25, 0.3) is 0 Å². The molecule has 0 fully saturated rings. The molecule has 0 aliphatic heterocycles. The van der Waals surface area contributed by atoms with E-state index in [-0.39, 0.29) is 24.0 Å². The van der Waals surface area contributed by atoms with E-state index in [2.05, 4.69) is 15.6 Å². The summed E-state index contributed by atoms with van der Waals surface area (Å²) in [6, 6.07) is 11.7. The van der Waals surface area contributed by atoms with Crippen LogP contribution in [0, 0.1) is 0 Å². The molecule has 1 atom stereocenters. The van der Waals surface area contributed by atoms with Crippen molar-refractivity contribution >= 4 is 63.9 Å². The fourth-order valence-corrected chi connectivity index (χ4v) is 3.72. The molecule has 1 heterocycles. The number of hydrogen-bond acceptors (Lipinski definition) is 2. The first-order chi connectivity index (χ1) is 12.0. The lowest BCUT2D eigenvalue weighted by molar-refractivity contribution is 0.680. The van der Waals surface area contributed by atoms with Crippen LogP contribution in [0.2, 0.25) is 10.2 Å². The Hall–Kier alpha value is -0.770. The van der Waals surface area contributed by atoms with Gasteiger partial charge in [0.2, 0.25) is 0 Å². The third-order valence-electron chi connectivity index (χ3n) is 3.67. The molecule has 2 rings (SSSR count). The second kappa shape index (κ2) is 11.8. The molecule has 2 aromatic rings. The number of aromatic nitrogens is 1. The van der Waals surface area contributed by atoms with Crippen LogP contribution < -0.4 is 10.6 Å². The van der Waals surface area contributed by atoms with Crippen LogP contribution in [0.4, 0.5) is 0 Å². The zero-order valence-electron chi connectivity index (χ0n) is 14.7. The number of nitrogens with one attached hydrogen (secondary N) is 2. The Morgan fingerprint density at radius 1 is 1.23 bits per heavy atom. The van der Waals surface area contributed by atoms with Gasteiger partial charge in [0.05, 0.1) is 11.6 Å². The lowest BCUT2D eigenvalue weighted by Crippen LogP contribution is -2.39. The minimum Gasteiger partial charge on any atom is -0.355 e. The predicted molar refractivity (Wildman–Crippen MR) is 122 cm³/mol. The zero-order chi connectivity index (χ0) is 18.2. The number of halogens is 3. The van der Waals surface area contributed by atoms with E-state index in [1.54, 1.807) is 7.05 Å². The summed E-state index contributed by atoms with van der Waals surface area (Å²) in [6.07, 6.45) is 0. The average Bonchev–Trinajstić information content (AvgIpc) is 2.85. The SMILES string of the molecule is CN=C(NCCS(=O)Cc1ccccc1)NCc1cc(Cl)c(Cl)n1C.I. The predicted octanol–water partition coefficient (Wildman–Crippen LogP) is 3.56. The van der Waals surface area contributed by atoms with Crippen LogP contribution in [-0.2, 0) is 30.1 Å². The number of aliphatic imine (C=N–C) groups is 1. The molecule has 0 bridgehead atoms. The smallest absolute Gasteiger partial charge is 0.191 e. The van der Waals surface area contributed by atoms with E-state index < -0.39 is 10.8 Å². The van der Waals surface area contributed by atoms with Crippen molar-refractivity contribution < 1.29 is 4.21 Å². The lowest BCUT2D eigenvalue weighted by Gasteiger charge is -2.12. The van der Waals surface area contributed by atoms with Crippen molar-refractivity contribution in [2.45, 2.75) is 12.3 Å². The van der Waals surface area contributed by atoms with Gasteiger partial charge in [-0.2, -0.15) is 0 Å². The Balaban J connectivity index is 0.00000338. The molecule has 0 saturated carbocycles. The molecule has 144 valence electrons. The molecule has 0 saturated heterocycles. The Bertz CT molecular complexity index is 753. The van der Waals surface area contributed by atoms with Crippen molar-refractivity contribution in [3.63, 3.8) is 0 Å². The summed E-state index contributed by atoms with van der Waals surface area (Å²) in [7, 11) is 2.63. The van der Waals surface area contributed by atoms with E-state index in [1.165, 1.54) is 0 Å². The zero-order valence-corrected chi connectivity index (χ0v) is 19.3. The Morgan fingerprint density at radius 2 is 1.92 bits per heavy atom. The van der Waals surface area contributed by atoms with Gasteiger partial charge < -0.3 is 15.2 Å². The summed E-state index contributed by atoms with van der Waals surface area (Å²) in [5, 5.41) is 7.40. The standard InChI is InChI=1S/C17H22Cl2N4OS.HI/c1-20-17(22-11-14-10-15(18)16(19)23(14)2)21-8-9-25(24)12-13-6-4-3-5-7-13;/h3-7,10H,8-9,11-12H2,1-2H3,(H2,20,21,22);1H. The molecule has 0 spiro atoms. The normalized spacial score (nSPS) is 12.4. The van der Waals surface area contributed by atoms with E-state index in [4.69, 9.17) is 23.2 Å². The van der Waals surface area contributed by atoms with Gasteiger partial charge in [0.15, 0.2) is 5.96 Å². The average molecular weight is 529 g/mol. The first-order valence-corrected chi connectivity index (χ1v) is 10.1. The second-order valence-electron chi connectivity index (χ2n) is 5.46. The molecule has 1 aromatic heterocycles. The molecule has 26 heavy (non-hydrogen) atoms. The molecule has 5 nitrogen and oxygen atoms in total.